The molecule has 2 nitrogen and oxygen atoms in total. The van der Waals surface area contributed by atoms with Crippen LogP contribution >= 0.6 is 0 Å². The summed E-state index contributed by atoms with van der Waals surface area (Å²) in [6, 6.07) is 146. The van der Waals surface area contributed by atoms with Gasteiger partial charge in [-0.3, -0.25) is 0 Å². The molecule has 0 radical (unpaired) electrons. The average molecular weight is 1370 g/mol. The Kier molecular flexibility index (Phi) is 15.7. The number of aromatic nitrogens is 2. The fourth-order valence-electron chi connectivity index (χ4n) is 17.5. The predicted molar refractivity (Wildman–Crippen MR) is 462 cm³/mol. The van der Waals surface area contributed by atoms with Crippen molar-refractivity contribution in [3.8, 4) is 100 Å². The van der Waals surface area contributed by atoms with Gasteiger partial charge in [0.1, 0.15) is 0 Å². The van der Waals surface area contributed by atoms with E-state index in [-0.39, 0.29) is 0 Å². The largest absolute Gasteiger partial charge is 0.309 e. The van der Waals surface area contributed by atoms with Crippen LogP contribution < -0.4 is 0 Å². The molecule has 108 heavy (non-hydrogen) atoms. The van der Waals surface area contributed by atoms with Crippen LogP contribution in [0.1, 0.15) is 11.1 Å². The molecule has 0 aliphatic heterocycles. The SMILES string of the molecule is Cc1cc(-n2c3ccccc3c3cc(-c4ccc(-c5ccccc5)cc4)ccc32)c(C)cc1-c1c2ccccc2c(-c2ccccc2)c2ccccc12.c1ccc(-c2ccc(-c3ccc4c(c3)c3ccccc3n4-c3ccc(-c4c5ccccc5c(-c5ccccc5)c5ccccc45)c4ccccc34)cc2)cc1. The molecular weight excluding hydrogens is 1300 g/mol. The molecule has 0 fully saturated rings. The number of aryl methyl sites for hydroxylation is 2. The molecule has 0 unspecified atom stereocenters. The summed E-state index contributed by atoms with van der Waals surface area (Å²) >= 11 is 0. The minimum Gasteiger partial charge on any atom is -0.309 e. The van der Waals surface area contributed by atoms with Crippen LogP contribution in [-0.4, -0.2) is 9.13 Å². The van der Waals surface area contributed by atoms with Crippen LogP contribution in [0, 0.1) is 13.8 Å². The van der Waals surface area contributed by atoms with E-state index in [1.165, 1.54) is 209 Å². The number of benzene rings is 19. The van der Waals surface area contributed by atoms with Gasteiger partial charge >= 0.3 is 0 Å². The highest BCUT2D eigenvalue weighted by molar-refractivity contribution is 6.25. The topological polar surface area (TPSA) is 9.86 Å². The predicted octanol–water partition coefficient (Wildman–Crippen LogP) is 29.3. The van der Waals surface area contributed by atoms with Gasteiger partial charge in [-0.05, 0) is 217 Å². The third-order valence-corrected chi connectivity index (χ3v) is 22.4. The number of fused-ring (bicyclic) bond motifs is 11. The van der Waals surface area contributed by atoms with Crippen LogP contribution in [-0.2, 0) is 0 Å². The van der Waals surface area contributed by atoms with E-state index < -0.39 is 0 Å². The fraction of sp³-hybridized carbons (Fsp3) is 0.0189. The number of nitrogens with zero attached hydrogens (tertiary/aromatic N) is 2. The second-order valence-electron chi connectivity index (χ2n) is 28.6. The van der Waals surface area contributed by atoms with Gasteiger partial charge < -0.3 is 9.13 Å². The van der Waals surface area contributed by atoms with E-state index in [0.717, 1.165) is 0 Å². The van der Waals surface area contributed by atoms with Crippen molar-refractivity contribution in [2.24, 2.45) is 0 Å². The summed E-state index contributed by atoms with van der Waals surface area (Å²) < 4.78 is 4.93. The maximum atomic E-state index is 2.47. The molecule has 506 valence electrons. The molecule has 21 rings (SSSR count). The summed E-state index contributed by atoms with van der Waals surface area (Å²) in [6.07, 6.45) is 0. The second-order valence-corrected chi connectivity index (χ2v) is 28.6. The summed E-state index contributed by atoms with van der Waals surface area (Å²) in [5.41, 5.74) is 29.7. The summed E-state index contributed by atoms with van der Waals surface area (Å²) in [6.45, 7) is 4.54. The Morgan fingerprint density at radius 3 is 0.824 bits per heavy atom. The first-order valence-electron chi connectivity index (χ1n) is 37.5. The second kappa shape index (κ2) is 26.7. The lowest BCUT2D eigenvalue weighted by molar-refractivity contribution is 1.14. The number of hydrogen-bond donors (Lipinski definition) is 0. The van der Waals surface area contributed by atoms with Crippen molar-refractivity contribution in [1.82, 2.24) is 9.13 Å². The van der Waals surface area contributed by atoms with Gasteiger partial charge in [0.2, 0.25) is 0 Å². The van der Waals surface area contributed by atoms with Crippen LogP contribution in [0.5, 0.6) is 0 Å². The Morgan fingerprint density at radius 1 is 0.148 bits per heavy atom. The van der Waals surface area contributed by atoms with E-state index in [9.17, 15) is 0 Å². The zero-order valence-corrected chi connectivity index (χ0v) is 60.0. The van der Waals surface area contributed by atoms with Crippen molar-refractivity contribution in [3.05, 3.63) is 412 Å². The monoisotopic (exact) mass is 1370 g/mol. The summed E-state index contributed by atoms with van der Waals surface area (Å²) in [5.74, 6) is 0. The Labute approximate surface area is 628 Å². The van der Waals surface area contributed by atoms with Gasteiger partial charge in [-0.1, -0.05) is 346 Å². The molecule has 0 saturated heterocycles. The number of para-hydroxylation sites is 2. The van der Waals surface area contributed by atoms with Crippen LogP contribution in [0.4, 0.5) is 0 Å². The van der Waals surface area contributed by atoms with Gasteiger partial charge in [-0.25, -0.2) is 0 Å². The van der Waals surface area contributed by atoms with Crippen LogP contribution in [0.25, 0.3) is 198 Å². The maximum absolute atomic E-state index is 2.47. The average Bonchev–Trinajstić information content (AvgIpc) is 1.21. The van der Waals surface area contributed by atoms with Gasteiger partial charge in [-0.15, -0.1) is 0 Å². The molecule has 2 heteroatoms. The zero-order valence-electron chi connectivity index (χ0n) is 60.0. The Balaban J connectivity index is 0.000000142. The Morgan fingerprint density at radius 2 is 0.426 bits per heavy atom. The first-order valence-corrected chi connectivity index (χ1v) is 37.5. The fourth-order valence-corrected chi connectivity index (χ4v) is 17.5. The van der Waals surface area contributed by atoms with E-state index >= 15 is 0 Å². The van der Waals surface area contributed by atoms with Crippen molar-refractivity contribution in [2.45, 2.75) is 13.8 Å². The van der Waals surface area contributed by atoms with E-state index in [1.807, 2.05) is 0 Å². The Hall–Kier alpha value is -13.9. The molecule has 2 heterocycles. The van der Waals surface area contributed by atoms with E-state index in [0.29, 0.717) is 0 Å². The smallest absolute Gasteiger partial charge is 0.0541 e. The van der Waals surface area contributed by atoms with Crippen molar-refractivity contribution in [1.29, 1.82) is 0 Å². The van der Waals surface area contributed by atoms with Gasteiger partial charge in [0.15, 0.2) is 0 Å². The Bertz CT molecular complexity index is 6950. The molecule has 0 spiro atoms. The molecule has 0 N–H and O–H groups in total. The highest BCUT2D eigenvalue weighted by Crippen LogP contribution is 2.49. The van der Waals surface area contributed by atoms with Crippen molar-refractivity contribution < 1.29 is 0 Å². The molecule has 0 bridgehead atoms. The zero-order chi connectivity index (χ0) is 71.8. The standard InChI is InChI=1S/C54H35N.C52H37N/c1-3-15-36(16-4-1)37-27-29-38(30-28-37)40-31-33-52-49(35-40)43-21-13-14-26-50(43)55(52)51-34-32-48(41-19-7-8-20-42(41)51)54-46-24-11-9-22-44(46)53(39-17-5-2-6-18-39)45-23-10-12-25-47(45)54;1-34-32-50(35(2)31-46(34)52-44-22-11-9-20-42(44)51(39-17-7-4-8-18-39)43-21-10-12-23-45(43)52)53-48-24-14-13-19-41(48)47-33-40(29-30-49(47)53)38-27-25-37(26-28-38)36-15-5-3-6-16-36/h1-35H;3-33H,1-2H3. The third-order valence-electron chi connectivity index (χ3n) is 22.4. The summed E-state index contributed by atoms with van der Waals surface area (Å²) in [5, 5.41) is 17.7. The van der Waals surface area contributed by atoms with E-state index in [1.54, 1.807) is 0 Å². The van der Waals surface area contributed by atoms with Crippen LogP contribution in [0.15, 0.2) is 400 Å². The van der Waals surface area contributed by atoms with Gasteiger partial charge in [-0.2, -0.15) is 0 Å². The van der Waals surface area contributed by atoms with Crippen molar-refractivity contribution in [3.63, 3.8) is 0 Å². The number of rotatable bonds is 10. The van der Waals surface area contributed by atoms with Crippen molar-refractivity contribution in [2.75, 3.05) is 0 Å². The lowest BCUT2D eigenvalue weighted by Gasteiger charge is -2.20. The van der Waals surface area contributed by atoms with Gasteiger partial charge in [0.25, 0.3) is 0 Å². The molecular formula is C106H72N2. The minimum absolute atomic E-state index is 1.18. The molecule has 19 aromatic carbocycles. The minimum atomic E-state index is 1.18. The summed E-state index contributed by atoms with van der Waals surface area (Å²) in [4.78, 5) is 0. The van der Waals surface area contributed by atoms with Gasteiger partial charge in [0, 0.05) is 32.6 Å². The molecule has 2 aromatic heterocycles. The van der Waals surface area contributed by atoms with E-state index in [4.69, 9.17) is 0 Å². The lowest BCUT2D eigenvalue weighted by atomic mass is 9.84. The first-order chi connectivity index (χ1) is 53.5. The number of hydrogen-bond acceptors (Lipinski definition) is 0. The molecule has 0 aliphatic carbocycles. The highest BCUT2D eigenvalue weighted by atomic mass is 15.0. The quantitative estimate of drug-likeness (QED) is 0.121. The molecule has 0 amide bonds. The first kappa shape index (κ1) is 63.7. The molecule has 0 atom stereocenters. The van der Waals surface area contributed by atoms with Gasteiger partial charge in [0.05, 0.1) is 27.8 Å². The molecule has 0 saturated carbocycles. The van der Waals surface area contributed by atoms with E-state index in [2.05, 4.69) is 423 Å². The highest BCUT2D eigenvalue weighted by Gasteiger charge is 2.24. The van der Waals surface area contributed by atoms with Crippen LogP contribution in [0.2, 0.25) is 0 Å². The molecule has 0 aliphatic rings. The van der Waals surface area contributed by atoms with Crippen molar-refractivity contribution >= 4 is 97.5 Å². The normalized spacial score (nSPS) is 11.6. The summed E-state index contributed by atoms with van der Waals surface area (Å²) in [7, 11) is 0. The maximum Gasteiger partial charge on any atom is 0.0541 e. The lowest BCUT2D eigenvalue weighted by Crippen LogP contribution is -2.00. The molecule has 21 aromatic rings. The van der Waals surface area contributed by atoms with Crippen LogP contribution in [0.3, 0.4) is 0 Å². The third kappa shape index (κ3) is 10.8.